The second-order valence-electron chi connectivity index (χ2n) is 27.8. The van der Waals surface area contributed by atoms with Gasteiger partial charge in [0.2, 0.25) is 65.0 Å². The lowest BCUT2D eigenvalue weighted by molar-refractivity contribution is -0.159. The van der Waals surface area contributed by atoms with E-state index in [4.69, 9.17) is 0 Å². The molecule has 0 bridgehead atoms. The minimum atomic E-state index is -1.99. The summed E-state index contributed by atoms with van der Waals surface area (Å²) in [6.07, 6.45) is 2.66. The van der Waals surface area contributed by atoms with Gasteiger partial charge in [0.25, 0.3) is 0 Å². The molecule has 1 saturated heterocycles. The van der Waals surface area contributed by atoms with Crippen LogP contribution in [0.25, 0.3) is 0 Å². The predicted octanol–water partition coefficient (Wildman–Crippen LogP) is 3.41. The highest BCUT2D eigenvalue weighted by Gasteiger charge is 2.48. The number of allylic oxidation sites excluding steroid dienone is 2. The van der Waals surface area contributed by atoms with Crippen molar-refractivity contribution in [2.75, 3.05) is 49.3 Å². The van der Waals surface area contributed by atoms with Crippen LogP contribution in [0, 0.1) is 41.4 Å². The molecule has 510 valence electrons. The van der Waals surface area contributed by atoms with Crippen LogP contribution < -0.4 is 21.3 Å². The van der Waals surface area contributed by atoms with Gasteiger partial charge >= 0.3 is 0 Å². The van der Waals surface area contributed by atoms with E-state index in [1.807, 2.05) is 55.4 Å². The highest BCUT2D eigenvalue weighted by atomic mass is 16.3. The maximum absolute atomic E-state index is 15.3. The average Bonchev–Trinajstić information content (AvgIpc) is 1.86. The van der Waals surface area contributed by atoms with Gasteiger partial charge in [-0.25, -0.2) is 0 Å². The van der Waals surface area contributed by atoms with Gasteiger partial charge in [0.15, 0.2) is 0 Å². The Hall–Kier alpha value is -6.17. The summed E-state index contributed by atoms with van der Waals surface area (Å²) in [5.41, 5.74) is -1.99. The van der Waals surface area contributed by atoms with Crippen LogP contribution >= 0.6 is 0 Å². The number of carbonyl (C=O) groups is 11. The first-order valence-corrected chi connectivity index (χ1v) is 32.0. The summed E-state index contributed by atoms with van der Waals surface area (Å²) in [4.78, 5) is 171. The fourth-order valence-electron chi connectivity index (χ4n) is 11.5. The molecule has 1 rings (SSSR count). The molecular weight excluding hydrogens is 1140 g/mol. The van der Waals surface area contributed by atoms with E-state index in [2.05, 4.69) is 21.3 Å². The summed E-state index contributed by atoms with van der Waals surface area (Å²) in [6.45, 7) is 32.2. The number of amides is 11. The fraction of sp³-hybridized carbons (Fsp3) is 0.800. The van der Waals surface area contributed by atoms with E-state index < -0.39 is 161 Å². The van der Waals surface area contributed by atoms with Crippen LogP contribution in [0.3, 0.4) is 0 Å². The molecule has 1 heterocycles. The van der Waals surface area contributed by atoms with Crippen molar-refractivity contribution < 1.29 is 63.0 Å². The van der Waals surface area contributed by atoms with Crippen molar-refractivity contribution in [1.82, 2.24) is 55.6 Å². The lowest BCUT2D eigenvalue weighted by Gasteiger charge is -2.42. The SMILES string of the molecule is C/C=C/C[C@@H](C)[C@@H](O)C1C(=O)N[C@@H](CC)C(=O)N(C)C(C(C)(C)O)C(=O)N(C)[C@@H](CC(C)C)C(=O)N[C@@H](C(C)C)C(=O)N(C)[C@@H](CC(C)C)C(=O)N[C@@H](C)C(=O)N[C@H](C)C(=O)N(C)[C@@H](CC(C)C)C(=O)N(C)[C@@H](CC(C)C)C(=O)N(C)[C@@H](C(C)C)C(=O)N1C. The van der Waals surface area contributed by atoms with Crippen molar-refractivity contribution >= 4 is 65.0 Å². The number of rotatable bonds is 16. The van der Waals surface area contributed by atoms with Gasteiger partial charge in [0.05, 0.1) is 11.7 Å². The average molecular weight is 1260 g/mol. The third-order valence-electron chi connectivity index (χ3n) is 16.9. The van der Waals surface area contributed by atoms with Crippen molar-refractivity contribution in [2.24, 2.45) is 41.4 Å². The summed E-state index contributed by atoms with van der Waals surface area (Å²) in [5.74, 6) is -10.7. The molecule has 6 N–H and O–H groups in total. The standard InChI is InChI=1S/C65H117N11O13/c1-27-29-30-41(15)52(77)51-57(81)68-44(28-2)59(83)76(26)53(65(18,19)89)64(88)71(21)46(32-36(5)6)56(80)69-49(39(11)12)62(86)70(20)45(31-35(3)4)55(79)66-42(16)54(78)67-43(17)58(82)72(22)47(33-37(7)8)60(84)73(23)48(34-38(9)10)61(85)74(24)50(40(13)14)63(87)75(51)25/h27,29,35-53,77,89H,28,30-34H2,1-26H3,(H,66,79)(H,67,78)(H,68,81)(H,69,80)/b29-27+/t41-,42+,43-,44+,45+,46+,47+,48+,49+,50+,51?,52-,53?/m1/s1. The number of aliphatic hydroxyl groups excluding tert-OH is 1. The maximum Gasteiger partial charge on any atom is 0.248 e. The topological polar surface area (TPSA) is 299 Å². The lowest BCUT2D eigenvalue weighted by atomic mass is 9.91. The minimum Gasteiger partial charge on any atom is -0.390 e. The first-order chi connectivity index (χ1) is 40.8. The third kappa shape index (κ3) is 22.0. The molecule has 0 saturated carbocycles. The van der Waals surface area contributed by atoms with Gasteiger partial charge in [-0.1, -0.05) is 109 Å². The normalized spacial score (nSPS) is 27.3. The molecule has 11 amide bonds. The molecule has 0 aromatic carbocycles. The van der Waals surface area contributed by atoms with E-state index in [-0.39, 0.29) is 62.2 Å². The molecular formula is C65H117N11O13. The number of likely N-dealkylation sites (N-methyl/N-ethyl adjacent to an activating group) is 7. The zero-order valence-corrected chi connectivity index (χ0v) is 58.9. The molecule has 1 aliphatic heterocycles. The van der Waals surface area contributed by atoms with Gasteiger partial charge < -0.3 is 65.8 Å². The van der Waals surface area contributed by atoms with Crippen molar-refractivity contribution in [2.45, 2.75) is 248 Å². The Kier molecular flexibility index (Phi) is 32.2. The zero-order valence-electron chi connectivity index (χ0n) is 58.9. The van der Waals surface area contributed by atoms with E-state index in [1.54, 1.807) is 60.6 Å². The first kappa shape index (κ1) is 80.8. The highest BCUT2D eigenvalue weighted by Crippen LogP contribution is 2.27. The van der Waals surface area contributed by atoms with Crippen LogP contribution in [0.2, 0.25) is 0 Å². The van der Waals surface area contributed by atoms with Gasteiger partial charge in [-0.3, -0.25) is 52.7 Å². The summed E-state index contributed by atoms with van der Waals surface area (Å²) in [5, 5.41) is 35.0. The van der Waals surface area contributed by atoms with Crippen LogP contribution in [0.15, 0.2) is 12.2 Å². The molecule has 1 fully saturated rings. The molecule has 0 aliphatic carbocycles. The molecule has 0 spiro atoms. The number of aliphatic hydroxyl groups is 2. The van der Waals surface area contributed by atoms with Crippen LogP contribution in [0.1, 0.15) is 170 Å². The van der Waals surface area contributed by atoms with Gasteiger partial charge in [-0.05, 0) is 115 Å². The Morgan fingerprint density at radius 2 is 0.843 bits per heavy atom. The van der Waals surface area contributed by atoms with Crippen molar-refractivity contribution in [3.05, 3.63) is 12.2 Å². The van der Waals surface area contributed by atoms with E-state index in [0.717, 1.165) is 14.7 Å². The molecule has 13 atom stereocenters. The Balaban J connectivity index is 4.50. The van der Waals surface area contributed by atoms with E-state index in [9.17, 15) is 39.0 Å². The van der Waals surface area contributed by atoms with Gasteiger partial charge in [0, 0.05) is 49.3 Å². The summed E-state index contributed by atoms with van der Waals surface area (Å²) < 4.78 is 0. The Bertz CT molecular complexity index is 2460. The van der Waals surface area contributed by atoms with Crippen LogP contribution in [0.4, 0.5) is 0 Å². The third-order valence-corrected chi connectivity index (χ3v) is 16.9. The predicted molar refractivity (Wildman–Crippen MR) is 344 cm³/mol. The molecule has 2 unspecified atom stereocenters. The highest BCUT2D eigenvalue weighted by molar-refractivity contribution is 6.00. The number of carbonyl (C=O) groups excluding carboxylic acids is 11. The quantitative estimate of drug-likeness (QED) is 0.121. The molecule has 0 radical (unpaired) electrons. The van der Waals surface area contributed by atoms with Crippen molar-refractivity contribution in [3.63, 3.8) is 0 Å². The second-order valence-corrected chi connectivity index (χ2v) is 27.8. The first-order valence-electron chi connectivity index (χ1n) is 32.0. The molecule has 0 aromatic rings. The van der Waals surface area contributed by atoms with Gasteiger partial charge in [-0.2, -0.15) is 0 Å². The molecule has 24 nitrogen and oxygen atoms in total. The van der Waals surface area contributed by atoms with Crippen molar-refractivity contribution in [3.8, 4) is 0 Å². The largest absolute Gasteiger partial charge is 0.390 e. The minimum absolute atomic E-state index is 0.0574. The van der Waals surface area contributed by atoms with Gasteiger partial charge in [0.1, 0.15) is 66.5 Å². The zero-order chi connectivity index (χ0) is 69.3. The van der Waals surface area contributed by atoms with Crippen molar-refractivity contribution in [1.29, 1.82) is 0 Å². The summed E-state index contributed by atoms with van der Waals surface area (Å²) >= 11 is 0. The number of nitrogens with one attached hydrogen (secondary N) is 4. The summed E-state index contributed by atoms with van der Waals surface area (Å²) in [6, 6.07) is -14.6. The van der Waals surface area contributed by atoms with E-state index >= 15 is 24.0 Å². The number of hydrogen-bond acceptors (Lipinski definition) is 13. The number of hydrogen-bond donors (Lipinski definition) is 6. The van der Waals surface area contributed by atoms with E-state index in [0.29, 0.717) is 0 Å². The molecule has 0 aromatic heterocycles. The maximum atomic E-state index is 15.3. The Labute approximate surface area is 532 Å². The monoisotopic (exact) mass is 1260 g/mol. The van der Waals surface area contributed by atoms with Crippen LogP contribution in [0.5, 0.6) is 0 Å². The van der Waals surface area contributed by atoms with Crippen LogP contribution in [-0.2, 0) is 52.7 Å². The molecule has 89 heavy (non-hydrogen) atoms. The smallest absolute Gasteiger partial charge is 0.248 e. The van der Waals surface area contributed by atoms with E-state index in [1.165, 1.54) is 96.6 Å². The lowest BCUT2D eigenvalue weighted by Crippen LogP contribution is -2.65. The second kappa shape index (κ2) is 35.4. The Morgan fingerprint density at radius 3 is 1.26 bits per heavy atom. The fourth-order valence-corrected chi connectivity index (χ4v) is 11.5. The van der Waals surface area contributed by atoms with Crippen LogP contribution in [-0.4, -0.2) is 237 Å². The molecule has 1 aliphatic rings. The Morgan fingerprint density at radius 1 is 0.449 bits per heavy atom. The summed E-state index contributed by atoms with van der Waals surface area (Å²) in [7, 11) is 9.67. The number of nitrogens with zero attached hydrogens (tertiary/aromatic N) is 7. The van der Waals surface area contributed by atoms with Gasteiger partial charge in [-0.15, -0.1) is 0 Å². The molecule has 24 heteroatoms.